The fourth-order valence-electron chi connectivity index (χ4n) is 5.29. The van der Waals surface area contributed by atoms with Gasteiger partial charge in [0.1, 0.15) is 18.3 Å². The van der Waals surface area contributed by atoms with Gasteiger partial charge in [-0.15, -0.1) is 0 Å². The second kappa shape index (κ2) is 15.3. The molecule has 0 aromatic heterocycles. The van der Waals surface area contributed by atoms with Crippen LogP contribution in [0, 0.1) is 0 Å². The monoisotopic (exact) mass is 642 g/mol. The summed E-state index contributed by atoms with van der Waals surface area (Å²) >= 11 is 2.45. The van der Waals surface area contributed by atoms with E-state index in [-0.39, 0.29) is 34.6 Å². The van der Waals surface area contributed by atoms with E-state index in [9.17, 15) is 0 Å². The van der Waals surface area contributed by atoms with Crippen molar-refractivity contribution in [3.05, 3.63) is 108 Å². The lowest BCUT2D eigenvalue weighted by Crippen LogP contribution is -2.59. The maximum absolute atomic E-state index is 6.66. The first-order chi connectivity index (χ1) is 19.3. The lowest BCUT2D eigenvalue weighted by atomic mass is 9.97. The van der Waals surface area contributed by atoms with E-state index in [2.05, 4.69) is 59.0 Å². The predicted molar refractivity (Wildman–Crippen MR) is 161 cm³/mol. The largest absolute Gasteiger partial charge is 0.374 e. The Bertz CT molecular complexity index is 1080. The van der Waals surface area contributed by atoms with E-state index in [0.29, 0.717) is 26.4 Å². The maximum atomic E-state index is 6.66. The molecule has 0 amide bonds. The molecular formula is C33H39IO5. The van der Waals surface area contributed by atoms with Crippen LogP contribution in [0.2, 0.25) is 0 Å². The van der Waals surface area contributed by atoms with Crippen LogP contribution in [-0.4, -0.2) is 41.2 Å². The first kappa shape index (κ1) is 28.7. The molecule has 39 heavy (non-hydrogen) atoms. The average molecular weight is 643 g/mol. The molecule has 3 aromatic rings. The number of rotatable bonds is 12. The molecule has 0 N–H and O–H groups in total. The Hall–Kier alpha value is -1.81. The van der Waals surface area contributed by atoms with Crippen LogP contribution in [0.25, 0.3) is 0 Å². The van der Waals surface area contributed by atoms with Gasteiger partial charge in [-0.1, -0.05) is 133 Å². The van der Waals surface area contributed by atoms with Crippen molar-refractivity contribution in [2.45, 2.75) is 86.6 Å². The third kappa shape index (κ3) is 8.59. The van der Waals surface area contributed by atoms with Crippen molar-refractivity contribution in [2.75, 3.05) is 6.61 Å². The molecule has 1 aliphatic heterocycles. The van der Waals surface area contributed by atoms with Crippen LogP contribution < -0.4 is 0 Å². The minimum absolute atomic E-state index is 0.0283. The lowest BCUT2D eigenvalue weighted by Gasteiger charge is -2.45. The van der Waals surface area contributed by atoms with E-state index in [1.54, 1.807) is 0 Å². The molecule has 6 heteroatoms. The van der Waals surface area contributed by atoms with Crippen molar-refractivity contribution in [2.24, 2.45) is 0 Å². The topological polar surface area (TPSA) is 46.2 Å². The van der Waals surface area contributed by atoms with Gasteiger partial charge in [0.2, 0.25) is 0 Å². The summed E-state index contributed by atoms with van der Waals surface area (Å²) < 4.78 is 32.7. The van der Waals surface area contributed by atoms with E-state index in [4.69, 9.17) is 23.7 Å². The summed E-state index contributed by atoms with van der Waals surface area (Å²) in [5.74, 6) is 0. The summed E-state index contributed by atoms with van der Waals surface area (Å²) in [6, 6.07) is 30.8. The van der Waals surface area contributed by atoms with Crippen LogP contribution in [0.3, 0.4) is 0 Å². The average Bonchev–Trinajstić information content (AvgIpc) is 2.99. The predicted octanol–water partition coefficient (Wildman–Crippen LogP) is 7.25. The van der Waals surface area contributed by atoms with Gasteiger partial charge in [0.25, 0.3) is 0 Å². The molecule has 1 saturated carbocycles. The van der Waals surface area contributed by atoms with Crippen molar-refractivity contribution < 1.29 is 23.7 Å². The molecule has 2 fully saturated rings. The molecule has 1 aliphatic carbocycles. The molecule has 5 rings (SSSR count). The van der Waals surface area contributed by atoms with Crippen LogP contribution in [0.1, 0.15) is 48.8 Å². The highest BCUT2D eigenvalue weighted by atomic mass is 127. The zero-order chi connectivity index (χ0) is 26.7. The normalized spacial score (nSPS) is 25.9. The third-order valence-corrected chi connectivity index (χ3v) is 8.71. The standard InChI is InChI=1S/C33H39IO5/c34-30-32(37-23-27-17-9-3-10-18-27)31(36-22-26-15-7-2-8-16-26)29(24-35-21-25-13-5-1-6-14-25)39-33(30)38-28-19-11-4-12-20-28/h1-3,5-10,13-18,28-33H,4,11-12,19-24H2/t29-,30+,31-,32-,33+/m1/s1. The van der Waals surface area contributed by atoms with E-state index in [1.807, 2.05) is 54.6 Å². The van der Waals surface area contributed by atoms with Gasteiger partial charge in [0.05, 0.1) is 36.5 Å². The fraction of sp³-hybridized carbons (Fsp3) is 0.455. The minimum atomic E-state index is -0.378. The molecule has 3 aromatic carbocycles. The van der Waals surface area contributed by atoms with Crippen molar-refractivity contribution in [1.82, 2.24) is 0 Å². The number of hydrogen-bond donors (Lipinski definition) is 0. The second-order valence-corrected chi connectivity index (χ2v) is 11.8. The first-order valence-corrected chi connectivity index (χ1v) is 15.4. The minimum Gasteiger partial charge on any atom is -0.374 e. The lowest BCUT2D eigenvalue weighted by molar-refractivity contribution is -0.283. The molecule has 0 bridgehead atoms. The number of halogens is 1. The molecule has 0 unspecified atom stereocenters. The molecule has 0 radical (unpaired) electrons. The summed E-state index contributed by atoms with van der Waals surface area (Å²) in [4.78, 5) is 0. The molecule has 1 saturated heterocycles. The zero-order valence-electron chi connectivity index (χ0n) is 22.4. The van der Waals surface area contributed by atoms with Crippen molar-refractivity contribution >= 4 is 22.6 Å². The van der Waals surface area contributed by atoms with Crippen molar-refractivity contribution in [3.8, 4) is 0 Å². The van der Waals surface area contributed by atoms with Gasteiger partial charge in [0.15, 0.2) is 6.29 Å². The summed E-state index contributed by atoms with van der Waals surface area (Å²) in [6.45, 7) is 1.90. The summed E-state index contributed by atoms with van der Waals surface area (Å²) in [5, 5.41) is 0. The van der Waals surface area contributed by atoms with Crippen LogP contribution in [0.5, 0.6) is 0 Å². The van der Waals surface area contributed by atoms with E-state index in [0.717, 1.165) is 29.5 Å². The highest BCUT2D eigenvalue weighted by Crippen LogP contribution is 2.35. The highest BCUT2D eigenvalue weighted by molar-refractivity contribution is 14.1. The maximum Gasteiger partial charge on any atom is 0.172 e. The number of alkyl halides is 1. The van der Waals surface area contributed by atoms with Crippen molar-refractivity contribution in [1.29, 1.82) is 0 Å². The van der Waals surface area contributed by atoms with Gasteiger partial charge in [0, 0.05) is 0 Å². The van der Waals surface area contributed by atoms with E-state index < -0.39 is 0 Å². The van der Waals surface area contributed by atoms with Gasteiger partial charge >= 0.3 is 0 Å². The summed E-state index contributed by atoms with van der Waals surface area (Å²) in [6.07, 6.45) is 4.88. The molecule has 0 spiro atoms. The van der Waals surface area contributed by atoms with Gasteiger partial charge in [-0.25, -0.2) is 0 Å². The van der Waals surface area contributed by atoms with E-state index in [1.165, 1.54) is 19.3 Å². The van der Waals surface area contributed by atoms with Gasteiger partial charge in [-0.2, -0.15) is 0 Å². The Labute approximate surface area is 246 Å². The molecular weight excluding hydrogens is 603 g/mol. The van der Waals surface area contributed by atoms with Crippen LogP contribution in [-0.2, 0) is 43.5 Å². The number of ether oxygens (including phenoxy) is 5. The second-order valence-electron chi connectivity index (χ2n) is 10.4. The quantitative estimate of drug-likeness (QED) is 0.154. The molecule has 1 heterocycles. The Morgan fingerprint density at radius 3 is 1.72 bits per heavy atom. The van der Waals surface area contributed by atoms with Crippen LogP contribution >= 0.6 is 22.6 Å². The Kier molecular flexibility index (Phi) is 11.2. The molecule has 5 atom stereocenters. The summed E-state index contributed by atoms with van der Waals surface area (Å²) in [5.41, 5.74) is 3.39. The number of benzene rings is 3. The highest BCUT2D eigenvalue weighted by Gasteiger charge is 2.47. The number of hydrogen-bond acceptors (Lipinski definition) is 5. The van der Waals surface area contributed by atoms with Gasteiger partial charge in [-0.05, 0) is 29.5 Å². The Morgan fingerprint density at radius 2 is 1.15 bits per heavy atom. The molecule has 5 nitrogen and oxygen atoms in total. The van der Waals surface area contributed by atoms with Gasteiger partial charge < -0.3 is 23.7 Å². The third-order valence-electron chi connectivity index (χ3n) is 7.42. The van der Waals surface area contributed by atoms with Gasteiger partial charge in [-0.3, -0.25) is 0 Å². The first-order valence-electron chi connectivity index (χ1n) is 14.1. The SMILES string of the molecule is I[C@@H]1[C@@H](OC2CCCCC2)O[C@H](COCc2ccccc2)[C@@H](OCc2ccccc2)[C@@H]1OCc1ccccc1. The zero-order valence-corrected chi connectivity index (χ0v) is 24.6. The van der Waals surface area contributed by atoms with E-state index >= 15 is 0 Å². The molecule has 208 valence electrons. The Morgan fingerprint density at radius 1 is 0.641 bits per heavy atom. The Balaban J connectivity index is 1.34. The smallest absolute Gasteiger partial charge is 0.172 e. The summed E-state index contributed by atoms with van der Waals surface area (Å²) in [7, 11) is 0. The van der Waals surface area contributed by atoms with Crippen LogP contribution in [0.15, 0.2) is 91.0 Å². The van der Waals surface area contributed by atoms with Crippen LogP contribution in [0.4, 0.5) is 0 Å². The molecule has 2 aliphatic rings. The fourth-order valence-corrected chi connectivity index (χ4v) is 6.25. The van der Waals surface area contributed by atoms with Crippen molar-refractivity contribution in [3.63, 3.8) is 0 Å².